The average Bonchev–Trinajstić information content (AvgIpc) is 3.47. The predicted molar refractivity (Wildman–Crippen MR) is 136 cm³/mol. The first-order chi connectivity index (χ1) is 16.3. The van der Waals surface area contributed by atoms with Gasteiger partial charge in [-0.05, 0) is 73.6 Å². The zero-order chi connectivity index (χ0) is 24.1. The van der Waals surface area contributed by atoms with E-state index in [-0.39, 0.29) is 24.0 Å². The summed E-state index contributed by atoms with van der Waals surface area (Å²) >= 11 is 12.7. The molecule has 2 aromatic carbocycles. The number of carbonyl (C=O) groups excluding carboxylic acids is 1. The number of nitrogens with zero attached hydrogens (tertiary/aromatic N) is 3. The highest BCUT2D eigenvalue weighted by molar-refractivity contribution is 6.31. The largest absolute Gasteiger partial charge is 0.376 e. The van der Waals surface area contributed by atoms with Crippen LogP contribution in [0.15, 0.2) is 36.4 Å². The molecule has 0 saturated carbocycles. The summed E-state index contributed by atoms with van der Waals surface area (Å²) in [5.41, 5.74) is 6.43. The van der Waals surface area contributed by atoms with Crippen LogP contribution < -0.4 is 4.90 Å². The first-order valence-electron chi connectivity index (χ1n) is 11.8. The molecule has 2 aliphatic heterocycles. The van der Waals surface area contributed by atoms with Gasteiger partial charge in [0.1, 0.15) is 0 Å². The third-order valence-corrected chi connectivity index (χ3v) is 7.36. The molecule has 3 aromatic rings. The quantitative estimate of drug-likeness (QED) is 0.386. The van der Waals surface area contributed by atoms with E-state index in [0.717, 1.165) is 53.1 Å². The molecule has 2 unspecified atom stereocenters. The number of hydrogen-bond donors (Lipinski definition) is 0. The Balaban J connectivity index is 1.73. The number of ether oxygens (including phenoxy) is 1. The van der Waals surface area contributed by atoms with Crippen LogP contribution >= 0.6 is 23.2 Å². The Bertz CT molecular complexity index is 1260. The maximum absolute atomic E-state index is 14.0. The summed E-state index contributed by atoms with van der Waals surface area (Å²) < 4.78 is 7.91. The van der Waals surface area contributed by atoms with Gasteiger partial charge >= 0.3 is 0 Å². The van der Waals surface area contributed by atoms with E-state index < -0.39 is 0 Å². The molecule has 0 aliphatic carbocycles. The van der Waals surface area contributed by atoms with E-state index in [0.29, 0.717) is 22.3 Å². The minimum absolute atomic E-state index is 0.104. The molecule has 1 saturated heterocycles. The van der Waals surface area contributed by atoms with Crippen LogP contribution in [0, 0.1) is 13.8 Å². The summed E-state index contributed by atoms with van der Waals surface area (Å²) in [5, 5.41) is 6.16. The Morgan fingerprint density at radius 1 is 1.09 bits per heavy atom. The summed E-state index contributed by atoms with van der Waals surface area (Å²) in [6.07, 6.45) is 2.22. The van der Waals surface area contributed by atoms with Gasteiger partial charge in [0.2, 0.25) is 0 Å². The Kier molecular flexibility index (Phi) is 6.21. The number of benzene rings is 2. The van der Waals surface area contributed by atoms with Crippen LogP contribution in [0.3, 0.4) is 0 Å². The molecule has 5 rings (SSSR count). The number of rotatable bonds is 5. The van der Waals surface area contributed by atoms with Gasteiger partial charge in [-0.3, -0.25) is 14.4 Å². The van der Waals surface area contributed by atoms with E-state index in [9.17, 15) is 4.79 Å². The van der Waals surface area contributed by atoms with Crippen molar-refractivity contribution in [1.82, 2.24) is 9.78 Å². The van der Waals surface area contributed by atoms with Crippen molar-refractivity contribution < 1.29 is 9.53 Å². The van der Waals surface area contributed by atoms with Gasteiger partial charge in [0.15, 0.2) is 5.69 Å². The number of halogens is 2. The van der Waals surface area contributed by atoms with Crippen LogP contribution in [0.1, 0.15) is 77.1 Å². The van der Waals surface area contributed by atoms with Crippen molar-refractivity contribution in [1.29, 1.82) is 0 Å². The van der Waals surface area contributed by atoms with Crippen molar-refractivity contribution in [2.45, 2.75) is 65.1 Å². The number of aromatic nitrogens is 2. The van der Waals surface area contributed by atoms with Crippen molar-refractivity contribution in [3.8, 4) is 0 Å². The molecule has 0 radical (unpaired) electrons. The summed E-state index contributed by atoms with van der Waals surface area (Å²) in [6.45, 7) is 9.81. The predicted octanol–water partition coefficient (Wildman–Crippen LogP) is 6.86. The van der Waals surface area contributed by atoms with E-state index >= 15 is 0 Å². The zero-order valence-electron chi connectivity index (χ0n) is 19.9. The molecule has 1 fully saturated rings. The number of hydrogen-bond acceptors (Lipinski definition) is 3. The monoisotopic (exact) mass is 497 g/mol. The fourth-order valence-electron chi connectivity index (χ4n) is 5.34. The molecule has 2 atom stereocenters. The third-order valence-electron chi connectivity index (χ3n) is 6.89. The highest BCUT2D eigenvalue weighted by Gasteiger charge is 2.45. The van der Waals surface area contributed by atoms with Crippen LogP contribution in [0.4, 0.5) is 5.69 Å². The average molecular weight is 498 g/mol. The van der Waals surface area contributed by atoms with E-state index in [1.54, 1.807) is 0 Å². The van der Waals surface area contributed by atoms with Gasteiger partial charge in [-0.15, -0.1) is 0 Å². The lowest BCUT2D eigenvalue weighted by Gasteiger charge is -2.30. The molecule has 7 heteroatoms. The van der Waals surface area contributed by atoms with E-state index in [1.807, 2.05) is 59.8 Å². The maximum Gasteiger partial charge on any atom is 0.280 e. The Morgan fingerprint density at radius 3 is 2.50 bits per heavy atom. The summed E-state index contributed by atoms with van der Waals surface area (Å²) in [4.78, 5) is 15.9. The van der Waals surface area contributed by atoms with Gasteiger partial charge in [0, 0.05) is 33.6 Å². The molecule has 178 valence electrons. The zero-order valence-corrected chi connectivity index (χ0v) is 21.5. The van der Waals surface area contributed by atoms with Crippen LogP contribution in [0.2, 0.25) is 10.0 Å². The van der Waals surface area contributed by atoms with Gasteiger partial charge in [-0.1, -0.05) is 49.2 Å². The second-order valence-electron chi connectivity index (χ2n) is 9.63. The van der Waals surface area contributed by atoms with Crippen LogP contribution in [0.25, 0.3) is 0 Å². The highest BCUT2D eigenvalue weighted by Crippen LogP contribution is 2.47. The van der Waals surface area contributed by atoms with Gasteiger partial charge in [0.25, 0.3) is 5.91 Å². The lowest BCUT2D eigenvalue weighted by Crippen LogP contribution is -2.31. The number of aryl methyl sites for hydroxylation is 2. The topological polar surface area (TPSA) is 47.4 Å². The van der Waals surface area contributed by atoms with Gasteiger partial charge in [0.05, 0.1) is 18.7 Å². The molecule has 1 aromatic heterocycles. The van der Waals surface area contributed by atoms with E-state index in [2.05, 4.69) is 13.8 Å². The van der Waals surface area contributed by atoms with Crippen molar-refractivity contribution in [2.24, 2.45) is 0 Å². The molecule has 34 heavy (non-hydrogen) atoms. The lowest BCUT2D eigenvalue weighted by atomic mass is 9.91. The number of amides is 1. The summed E-state index contributed by atoms with van der Waals surface area (Å²) in [5.74, 6) is 0.0775. The van der Waals surface area contributed by atoms with Gasteiger partial charge in [-0.2, -0.15) is 5.10 Å². The summed E-state index contributed by atoms with van der Waals surface area (Å²) in [6, 6.07) is 11.2. The first-order valence-corrected chi connectivity index (χ1v) is 12.6. The van der Waals surface area contributed by atoms with E-state index in [4.69, 9.17) is 33.0 Å². The van der Waals surface area contributed by atoms with Crippen molar-refractivity contribution in [2.75, 3.05) is 11.5 Å². The molecule has 2 aliphatic rings. The second kappa shape index (κ2) is 9.03. The van der Waals surface area contributed by atoms with Gasteiger partial charge < -0.3 is 4.74 Å². The Labute approximate surface area is 210 Å². The normalized spacial score (nSPS) is 20.0. The molecule has 0 spiro atoms. The standard InChI is InChI=1S/C27H29Cl2N3O2/c1-15(2)25-23-24(30-31(25)14-20-6-5-11-34-20)27(33)32(22-13-19(29)8-7-16(22)3)26(23)21-10-9-18(28)12-17(21)4/h7-10,12-13,15,20,26H,5-6,11,14H2,1-4H3. The molecule has 1 amide bonds. The SMILES string of the molecule is Cc1cc(Cl)ccc1C1c2c(nn(CC3CCCO3)c2C(C)C)C(=O)N1c1cc(Cl)ccc1C. The van der Waals surface area contributed by atoms with Crippen LogP contribution in [-0.4, -0.2) is 28.4 Å². The second-order valence-corrected chi connectivity index (χ2v) is 10.5. The minimum Gasteiger partial charge on any atom is -0.376 e. The van der Waals surface area contributed by atoms with Crippen molar-refractivity contribution in [3.05, 3.63) is 80.1 Å². The molecular weight excluding hydrogens is 469 g/mol. The smallest absolute Gasteiger partial charge is 0.280 e. The molecule has 0 N–H and O–H groups in total. The first kappa shape index (κ1) is 23.4. The maximum atomic E-state index is 14.0. The van der Waals surface area contributed by atoms with Crippen molar-refractivity contribution >= 4 is 34.8 Å². The summed E-state index contributed by atoms with van der Waals surface area (Å²) in [7, 11) is 0. The van der Waals surface area contributed by atoms with Crippen molar-refractivity contribution in [3.63, 3.8) is 0 Å². The highest BCUT2D eigenvalue weighted by atomic mass is 35.5. The Hall–Kier alpha value is -2.34. The fraction of sp³-hybridized carbons (Fsp3) is 0.407. The van der Waals surface area contributed by atoms with E-state index in [1.165, 1.54) is 0 Å². The third kappa shape index (κ3) is 3.94. The number of carbonyl (C=O) groups is 1. The number of fused-ring (bicyclic) bond motifs is 1. The molecule has 0 bridgehead atoms. The molecule has 5 nitrogen and oxygen atoms in total. The van der Waals surface area contributed by atoms with Crippen LogP contribution in [-0.2, 0) is 11.3 Å². The number of anilines is 1. The minimum atomic E-state index is -0.312. The van der Waals surface area contributed by atoms with Gasteiger partial charge in [-0.25, -0.2) is 0 Å². The lowest BCUT2D eigenvalue weighted by molar-refractivity contribution is 0.0915. The van der Waals surface area contributed by atoms with Crippen LogP contribution in [0.5, 0.6) is 0 Å². The Morgan fingerprint density at radius 2 is 1.82 bits per heavy atom. The fourth-order valence-corrected chi connectivity index (χ4v) is 5.73. The molecular formula is C27H29Cl2N3O2. The molecule has 3 heterocycles.